The maximum Gasteiger partial charge on any atom is 0.221 e. The van der Waals surface area contributed by atoms with Crippen LogP contribution in [0, 0.1) is 20.8 Å². The molecule has 4 nitrogen and oxygen atoms in total. The van der Waals surface area contributed by atoms with E-state index in [1.165, 1.54) is 5.56 Å². The highest BCUT2D eigenvalue weighted by Gasteiger charge is 2.11. The van der Waals surface area contributed by atoms with E-state index in [0.717, 1.165) is 22.4 Å². The van der Waals surface area contributed by atoms with Crippen molar-refractivity contribution in [2.75, 3.05) is 13.7 Å². The van der Waals surface area contributed by atoms with Crippen molar-refractivity contribution in [3.05, 3.63) is 28.3 Å². The normalized spacial score (nSPS) is 10.3. The summed E-state index contributed by atoms with van der Waals surface area (Å²) in [5, 5.41) is 2.89. The second-order valence-electron chi connectivity index (χ2n) is 4.44. The zero-order valence-corrected chi connectivity index (χ0v) is 11.6. The van der Waals surface area contributed by atoms with Crippen LogP contribution < -0.4 is 15.8 Å². The average molecular weight is 250 g/mol. The molecule has 3 N–H and O–H groups in total. The first kappa shape index (κ1) is 14.5. The number of amides is 1. The molecule has 0 spiro atoms. The quantitative estimate of drug-likeness (QED) is 0.834. The van der Waals surface area contributed by atoms with E-state index in [4.69, 9.17) is 10.5 Å². The number of hydrogen-bond acceptors (Lipinski definition) is 3. The van der Waals surface area contributed by atoms with Gasteiger partial charge in [0.2, 0.25) is 5.91 Å². The highest BCUT2D eigenvalue weighted by Crippen LogP contribution is 2.27. The molecule has 0 aliphatic carbocycles. The highest BCUT2D eigenvalue weighted by molar-refractivity contribution is 5.76. The number of carbonyl (C=O) groups excluding carboxylic acids is 1. The number of benzene rings is 1. The molecular weight excluding hydrogens is 228 g/mol. The molecule has 0 bridgehead atoms. The summed E-state index contributed by atoms with van der Waals surface area (Å²) in [7, 11) is 1.67. The van der Waals surface area contributed by atoms with Crippen LogP contribution in [-0.2, 0) is 11.3 Å². The first-order valence-corrected chi connectivity index (χ1v) is 6.11. The van der Waals surface area contributed by atoms with Gasteiger partial charge in [-0.15, -0.1) is 0 Å². The van der Waals surface area contributed by atoms with E-state index in [-0.39, 0.29) is 5.91 Å². The third-order valence-corrected chi connectivity index (χ3v) is 3.26. The van der Waals surface area contributed by atoms with Crippen LogP contribution in [0.1, 0.15) is 28.7 Å². The third kappa shape index (κ3) is 3.23. The summed E-state index contributed by atoms with van der Waals surface area (Å²) in [5.41, 5.74) is 9.91. The van der Waals surface area contributed by atoms with Gasteiger partial charge in [0.15, 0.2) is 0 Å². The van der Waals surface area contributed by atoms with Gasteiger partial charge in [-0.2, -0.15) is 0 Å². The number of methoxy groups -OCH3 is 1. The Morgan fingerprint density at radius 1 is 1.33 bits per heavy atom. The smallest absolute Gasteiger partial charge is 0.221 e. The first-order valence-electron chi connectivity index (χ1n) is 6.11. The van der Waals surface area contributed by atoms with Gasteiger partial charge in [-0.1, -0.05) is 0 Å². The molecule has 0 heterocycles. The molecule has 0 fully saturated rings. The van der Waals surface area contributed by atoms with E-state index in [2.05, 4.69) is 12.2 Å². The van der Waals surface area contributed by atoms with E-state index >= 15 is 0 Å². The Bertz CT molecular complexity index is 442. The van der Waals surface area contributed by atoms with E-state index in [1.54, 1.807) is 7.11 Å². The van der Waals surface area contributed by atoms with Gasteiger partial charge in [-0.3, -0.25) is 4.79 Å². The third-order valence-electron chi connectivity index (χ3n) is 3.26. The average Bonchev–Trinajstić information content (AvgIpc) is 2.34. The second kappa shape index (κ2) is 6.40. The Morgan fingerprint density at radius 2 is 2.00 bits per heavy atom. The molecule has 0 atom stereocenters. The molecule has 4 heteroatoms. The van der Waals surface area contributed by atoms with Crippen molar-refractivity contribution in [2.45, 2.75) is 33.7 Å². The van der Waals surface area contributed by atoms with Crippen LogP contribution in [0.15, 0.2) is 6.07 Å². The molecule has 1 rings (SSSR count). The van der Waals surface area contributed by atoms with Gasteiger partial charge in [0, 0.05) is 19.5 Å². The van der Waals surface area contributed by atoms with E-state index in [9.17, 15) is 4.79 Å². The molecule has 0 saturated heterocycles. The summed E-state index contributed by atoms with van der Waals surface area (Å²) < 4.78 is 5.32. The SMILES string of the molecule is COc1cc(C)c(CNC(=O)CCN)c(C)c1C. The van der Waals surface area contributed by atoms with E-state index in [1.807, 2.05) is 19.9 Å². The Balaban J connectivity index is 2.90. The van der Waals surface area contributed by atoms with E-state index < -0.39 is 0 Å². The lowest BCUT2D eigenvalue weighted by Crippen LogP contribution is -2.25. The molecule has 0 aliphatic rings. The van der Waals surface area contributed by atoms with Crippen LogP contribution in [-0.4, -0.2) is 19.6 Å². The predicted molar refractivity (Wildman–Crippen MR) is 72.7 cm³/mol. The van der Waals surface area contributed by atoms with Gasteiger partial charge in [0.05, 0.1) is 7.11 Å². The lowest BCUT2D eigenvalue weighted by Gasteiger charge is -2.16. The summed E-state index contributed by atoms with van der Waals surface area (Å²) in [5.74, 6) is 0.881. The Hall–Kier alpha value is -1.55. The van der Waals surface area contributed by atoms with Crippen LogP contribution in [0.5, 0.6) is 5.75 Å². The fourth-order valence-electron chi connectivity index (χ4n) is 1.99. The van der Waals surface area contributed by atoms with Crippen molar-refractivity contribution in [2.24, 2.45) is 5.73 Å². The monoisotopic (exact) mass is 250 g/mol. The van der Waals surface area contributed by atoms with Gasteiger partial charge in [-0.25, -0.2) is 0 Å². The molecule has 0 radical (unpaired) electrons. The summed E-state index contributed by atoms with van der Waals surface area (Å²) in [4.78, 5) is 11.4. The van der Waals surface area contributed by atoms with Crippen LogP contribution in [0.25, 0.3) is 0 Å². The van der Waals surface area contributed by atoms with Crippen molar-refractivity contribution in [1.82, 2.24) is 5.32 Å². The van der Waals surface area contributed by atoms with Gasteiger partial charge in [0.1, 0.15) is 5.75 Å². The first-order chi connectivity index (χ1) is 8.51. The minimum atomic E-state index is -0.00947. The number of aryl methyl sites for hydroxylation is 1. The molecule has 18 heavy (non-hydrogen) atoms. The molecular formula is C14H22N2O2. The van der Waals surface area contributed by atoms with Crippen LogP contribution in [0.2, 0.25) is 0 Å². The lowest BCUT2D eigenvalue weighted by atomic mass is 9.97. The molecule has 100 valence electrons. The van der Waals surface area contributed by atoms with Crippen molar-refractivity contribution in [1.29, 1.82) is 0 Å². The van der Waals surface area contributed by atoms with Crippen LogP contribution >= 0.6 is 0 Å². The van der Waals surface area contributed by atoms with Crippen LogP contribution in [0.4, 0.5) is 0 Å². The Labute approximate surface area is 109 Å². The summed E-state index contributed by atoms with van der Waals surface area (Å²) in [6, 6.07) is 2.01. The standard InChI is InChI=1S/C14H22N2O2/c1-9-7-13(18-4)11(3)10(2)12(9)8-16-14(17)5-6-15/h7H,5-6,8,15H2,1-4H3,(H,16,17). The summed E-state index contributed by atoms with van der Waals surface area (Å²) >= 11 is 0. The van der Waals surface area contributed by atoms with Crippen LogP contribution in [0.3, 0.4) is 0 Å². The fourth-order valence-corrected chi connectivity index (χ4v) is 1.99. The second-order valence-corrected chi connectivity index (χ2v) is 4.44. The molecule has 0 aromatic heterocycles. The van der Waals surface area contributed by atoms with E-state index in [0.29, 0.717) is 19.5 Å². The maximum absolute atomic E-state index is 11.4. The number of hydrogen-bond donors (Lipinski definition) is 2. The lowest BCUT2D eigenvalue weighted by molar-refractivity contribution is -0.121. The number of ether oxygens (including phenoxy) is 1. The zero-order chi connectivity index (χ0) is 13.7. The van der Waals surface area contributed by atoms with Crippen molar-refractivity contribution in [3.63, 3.8) is 0 Å². The number of rotatable bonds is 5. The minimum absolute atomic E-state index is 0.00947. The van der Waals surface area contributed by atoms with Gasteiger partial charge < -0.3 is 15.8 Å². The largest absolute Gasteiger partial charge is 0.496 e. The molecule has 1 aromatic rings. The zero-order valence-electron chi connectivity index (χ0n) is 11.6. The van der Waals surface area contributed by atoms with Gasteiger partial charge in [-0.05, 0) is 49.1 Å². The molecule has 1 aromatic carbocycles. The van der Waals surface area contributed by atoms with Crippen molar-refractivity contribution >= 4 is 5.91 Å². The predicted octanol–water partition coefficient (Wildman–Crippen LogP) is 1.59. The Morgan fingerprint density at radius 3 is 2.56 bits per heavy atom. The summed E-state index contributed by atoms with van der Waals surface area (Å²) in [6.45, 7) is 7.03. The molecule has 1 amide bonds. The van der Waals surface area contributed by atoms with Gasteiger partial charge in [0.25, 0.3) is 0 Å². The molecule has 0 unspecified atom stereocenters. The number of nitrogens with two attached hydrogens (primary N) is 1. The van der Waals surface area contributed by atoms with Crippen molar-refractivity contribution in [3.8, 4) is 5.75 Å². The summed E-state index contributed by atoms with van der Waals surface area (Å²) in [6.07, 6.45) is 0.368. The van der Waals surface area contributed by atoms with Gasteiger partial charge >= 0.3 is 0 Å². The number of nitrogens with one attached hydrogen (secondary N) is 1. The minimum Gasteiger partial charge on any atom is -0.496 e. The highest BCUT2D eigenvalue weighted by atomic mass is 16.5. The molecule has 0 aliphatic heterocycles. The topological polar surface area (TPSA) is 64.3 Å². The van der Waals surface area contributed by atoms with Crippen molar-refractivity contribution < 1.29 is 9.53 Å². The number of carbonyl (C=O) groups is 1. The molecule has 0 saturated carbocycles. The Kier molecular flexibility index (Phi) is 5.16. The maximum atomic E-state index is 11.4. The fraction of sp³-hybridized carbons (Fsp3) is 0.500.